The van der Waals surface area contributed by atoms with Crippen LogP contribution in [0.1, 0.15) is 35.6 Å². The molecule has 5 N–H and O–H groups in total. The van der Waals surface area contributed by atoms with Gasteiger partial charge in [0.05, 0.1) is 30.6 Å². The van der Waals surface area contributed by atoms with Crippen molar-refractivity contribution in [1.82, 2.24) is 15.1 Å². The molecule has 2 aromatic rings. The van der Waals surface area contributed by atoms with E-state index in [4.69, 9.17) is 20.7 Å². The lowest BCUT2D eigenvalue weighted by atomic mass is 9.99. The second kappa shape index (κ2) is 11.6. The Bertz CT molecular complexity index is 1220. The molecule has 11 nitrogen and oxygen atoms in total. The van der Waals surface area contributed by atoms with Gasteiger partial charge < -0.3 is 15.8 Å². The standard InChI is InChI=1S/C24H31N5O6S/c1-15-5-4-6-19(11-15)36(32,33)28-20(24(31)34-3)14-27-22(30)13-18-12-21(29(2)35-18)16-7-9-17(10-8-16)23(25)26/h4-11,18,20-21,28H,12-14H2,1-3H3,(H3,25,26)(H,27,30)/t18-,20+,21+/m1/s1. The van der Waals surface area contributed by atoms with Gasteiger partial charge in [-0.1, -0.05) is 36.4 Å². The Morgan fingerprint density at radius 3 is 2.56 bits per heavy atom. The van der Waals surface area contributed by atoms with Crippen LogP contribution in [0.2, 0.25) is 0 Å². The Balaban J connectivity index is 1.58. The van der Waals surface area contributed by atoms with E-state index in [-0.39, 0.29) is 29.7 Å². The van der Waals surface area contributed by atoms with Gasteiger partial charge in [-0.2, -0.15) is 9.79 Å². The number of ether oxygens (including phenoxy) is 1. The van der Waals surface area contributed by atoms with Gasteiger partial charge in [0.15, 0.2) is 0 Å². The summed E-state index contributed by atoms with van der Waals surface area (Å²) in [4.78, 5) is 30.6. The summed E-state index contributed by atoms with van der Waals surface area (Å²) in [7, 11) is -1.10. The van der Waals surface area contributed by atoms with E-state index < -0.39 is 34.0 Å². The number of rotatable bonds is 10. The molecule has 0 bridgehead atoms. The first-order chi connectivity index (χ1) is 17.0. The maximum Gasteiger partial charge on any atom is 0.325 e. The predicted molar refractivity (Wildman–Crippen MR) is 132 cm³/mol. The molecule has 0 spiro atoms. The topological polar surface area (TPSA) is 164 Å². The number of methoxy groups -OCH3 is 1. The number of amides is 1. The number of esters is 1. The minimum Gasteiger partial charge on any atom is -0.468 e. The smallest absolute Gasteiger partial charge is 0.325 e. The van der Waals surface area contributed by atoms with Crippen LogP contribution in [0.25, 0.3) is 0 Å². The van der Waals surface area contributed by atoms with E-state index in [2.05, 4.69) is 10.0 Å². The number of benzene rings is 2. The average molecular weight is 518 g/mol. The summed E-state index contributed by atoms with van der Waals surface area (Å²) < 4.78 is 32.5. The van der Waals surface area contributed by atoms with Crippen LogP contribution in [0, 0.1) is 12.3 Å². The maximum absolute atomic E-state index is 12.7. The van der Waals surface area contributed by atoms with Gasteiger partial charge in [-0.15, -0.1) is 0 Å². The van der Waals surface area contributed by atoms with Crippen LogP contribution in [0.5, 0.6) is 0 Å². The number of nitrogen functional groups attached to an aromatic ring is 1. The summed E-state index contributed by atoms with van der Waals surface area (Å²) in [5.74, 6) is -1.24. The monoisotopic (exact) mass is 517 g/mol. The van der Waals surface area contributed by atoms with Gasteiger partial charge in [-0.3, -0.25) is 19.8 Å². The Morgan fingerprint density at radius 2 is 1.94 bits per heavy atom. The summed E-state index contributed by atoms with van der Waals surface area (Å²) in [6, 6.07) is 12.1. The van der Waals surface area contributed by atoms with Crippen molar-refractivity contribution in [3.05, 3.63) is 65.2 Å². The number of carbonyl (C=O) groups excluding carboxylic acids is 2. The van der Waals surface area contributed by atoms with Gasteiger partial charge in [-0.25, -0.2) is 8.42 Å². The highest BCUT2D eigenvalue weighted by Gasteiger charge is 2.34. The number of amidine groups is 1. The molecular weight excluding hydrogens is 486 g/mol. The van der Waals surface area contributed by atoms with Crippen molar-refractivity contribution >= 4 is 27.7 Å². The van der Waals surface area contributed by atoms with Gasteiger partial charge in [0.25, 0.3) is 0 Å². The minimum absolute atomic E-state index is 0.00694. The van der Waals surface area contributed by atoms with E-state index in [1.54, 1.807) is 43.3 Å². The molecule has 1 amide bonds. The summed E-state index contributed by atoms with van der Waals surface area (Å²) in [6.07, 6.45) is 0.155. The maximum atomic E-state index is 12.7. The Labute approximate surface area is 210 Å². The van der Waals surface area contributed by atoms with E-state index in [1.165, 1.54) is 12.1 Å². The number of nitrogens with two attached hydrogens (primary N) is 1. The summed E-state index contributed by atoms with van der Waals surface area (Å²) in [5.41, 5.74) is 7.83. The Hall–Kier alpha value is -3.32. The normalized spacial score (nSPS) is 19.0. The molecule has 1 aliphatic rings. The average Bonchev–Trinajstić information content (AvgIpc) is 3.20. The lowest BCUT2D eigenvalue weighted by Gasteiger charge is -2.18. The third-order valence-electron chi connectivity index (χ3n) is 5.85. The van der Waals surface area contributed by atoms with Crippen LogP contribution in [0.4, 0.5) is 0 Å². The zero-order valence-electron chi connectivity index (χ0n) is 20.4. The van der Waals surface area contributed by atoms with Crippen molar-refractivity contribution in [2.75, 3.05) is 20.7 Å². The molecule has 3 atom stereocenters. The first-order valence-electron chi connectivity index (χ1n) is 11.3. The van der Waals surface area contributed by atoms with Gasteiger partial charge in [0, 0.05) is 19.2 Å². The van der Waals surface area contributed by atoms with E-state index in [0.29, 0.717) is 12.0 Å². The minimum atomic E-state index is -4.02. The zero-order chi connectivity index (χ0) is 26.5. The number of sulfonamides is 1. The van der Waals surface area contributed by atoms with Gasteiger partial charge in [0.1, 0.15) is 11.9 Å². The first-order valence-corrected chi connectivity index (χ1v) is 12.8. The summed E-state index contributed by atoms with van der Waals surface area (Å²) in [6.45, 7) is 1.47. The fourth-order valence-corrected chi connectivity index (χ4v) is 5.24. The van der Waals surface area contributed by atoms with Crippen LogP contribution in [0.3, 0.4) is 0 Å². The molecule has 1 heterocycles. The highest BCUT2D eigenvalue weighted by molar-refractivity contribution is 7.89. The molecule has 3 rings (SSSR count). The molecule has 12 heteroatoms. The van der Waals surface area contributed by atoms with Crippen LogP contribution < -0.4 is 15.8 Å². The highest BCUT2D eigenvalue weighted by atomic mass is 32.2. The number of hydrogen-bond donors (Lipinski definition) is 4. The van der Waals surface area contributed by atoms with E-state index >= 15 is 0 Å². The molecule has 0 unspecified atom stereocenters. The highest BCUT2D eigenvalue weighted by Crippen LogP contribution is 2.34. The molecule has 0 radical (unpaired) electrons. The Kier molecular flexibility index (Phi) is 8.79. The third-order valence-corrected chi connectivity index (χ3v) is 7.32. The molecule has 1 fully saturated rings. The summed E-state index contributed by atoms with van der Waals surface area (Å²) >= 11 is 0. The molecule has 2 aromatic carbocycles. The lowest BCUT2D eigenvalue weighted by molar-refractivity contribution is -0.152. The second-order valence-corrected chi connectivity index (χ2v) is 10.3. The molecule has 0 saturated carbocycles. The largest absolute Gasteiger partial charge is 0.468 e. The predicted octanol–water partition coefficient (Wildman–Crippen LogP) is 0.982. The quantitative estimate of drug-likeness (QED) is 0.206. The molecule has 0 aliphatic carbocycles. The Morgan fingerprint density at radius 1 is 1.25 bits per heavy atom. The van der Waals surface area contributed by atoms with Crippen LogP contribution in [-0.2, 0) is 29.2 Å². The molecular formula is C24H31N5O6S. The number of aryl methyl sites for hydroxylation is 1. The van der Waals surface area contributed by atoms with E-state index in [9.17, 15) is 18.0 Å². The van der Waals surface area contributed by atoms with Crippen molar-refractivity contribution < 1.29 is 27.6 Å². The number of hydrogen-bond acceptors (Lipinski definition) is 8. The van der Waals surface area contributed by atoms with Crippen molar-refractivity contribution in [1.29, 1.82) is 5.41 Å². The zero-order valence-corrected chi connectivity index (χ0v) is 21.2. The van der Waals surface area contributed by atoms with Gasteiger partial charge in [-0.05, 0) is 36.6 Å². The van der Waals surface area contributed by atoms with Crippen molar-refractivity contribution in [2.45, 2.75) is 42.8 Å². The molecule has 194 valence electrons. The van der Waals surface area contributed by atoms with Gasteiger partial charge in [0.2, 0.25) is 15.9 Å². The van der Waals surface area contributed by atoms with Crippen molar-refractivity contribution in [3.8, 4) is 0 Å². The van der Waals surface area contributed by atoms with Crippen LogP contribution >= 0.6 is 0 Å². The van der Waals surface area contributed by atoms with E-state index in [0.717, 1.165) is 18.2 Å². The first kappa shape index (κ1) is 27.3. The number of hydroxylamine groups is 2. The third kappa shape index (κ3) is 6.88. The van der Waals surface area contributed by atoms with Crippen LogP contribution in [-0.4, -0.2) is 64.0 Å². The fourth-order valence-electron chi connectivity index (χ4n) is 3.95. The van der Waals surface area contributed by atoms with Crippen molar-refractivity contribution in [3.63, 3.8) is 0 Å². The number of nitrogens with one attached hydrogen (secondary N) is 3. The molecule has 1 aliphatic heterocycles. The van der Waals surface area contributed by atoms with E-state index in [1.807, 2.05) is 12.1 Å². The van der Waals surface area contributed by atoms with Gasteiger partial charge >= 0.3 is 5.97 Å². The fraction of sp³-hybridized carbons (Fsp3) is 0.375. The second-order valence-electron chi connectivity index (χ2n) is 8.58. The lowest BCUT2D eigenvalue weighted by Crippen LogP contribution is -2.49. The number of carbonyl (C=O) groups is 2. The molecule has 0 aromatic heterocycles. The van der Waals surface area contributed by atoms with Crippen molar-refractivity contribution in [2.24, 2.45) is 5.73 Å². The molecule has 36 heavy (non-hydrogen) atoms. The number of nitrogens with zero attached hydrogens (tertiary/aromatic N) is 1. The SMILES string of the molecule is COC(=O)[C@H](CNC(=O)C[C@H]1C[C@@H](c2ccc(C(=N)N)cc2)N(C)O1)NS(=O)(=O)c1cccc(C)c1. The molecule has 1 saturated heterocycles. The van der Waals surface area contributed by atoms with Crippen LogP contribution in [0.15, 0.2) is 53.4 Å². The summed E-state index contributed by atoms with van der Waals surface area (Å²) in [5, 5.41) is 11.8.